The van der Waals surface area contributed by atoms with Crippen molar-refractivity contribution in [1.82, 2.24) is 0 Å². The molecule has 0 N–H and O–H groups in total. The molecule has 0 aliphatic heterocycles. The molecule has 0 amide bonds. The fraction of sp³-hybridized carbons (Fsp3) is 0.533. The zero-order valence-electron chi connectivity index (χ0n) is 10.9. The Morgan fingerprint density at radius 3 is 2.61 bits per heavy atom. The molecule has 3 rings (SSSR count). The highest BCUT2D eigenvalue weighted by atomic mass is 16.5. The molecule has 3 nitrogen and oxygen atoms in total. The molecular weight excluding hydrogens is 228 g/mol. The van der Waals surface area contributed by atoms with Crippen molar-refractivity contribution in [1.29, 1.82) is 0 Å². The monoisotopic (exact) mass is 246 g/mol. The molecule has 1 aromatic carbocycles. The lowest BCUT2D eigenvalue weighted by Crippen LogP contribution is -2.29. The third-order valence-electron chi connectivity index (χ3n) is 4.36. The van der Waals surface area contributed by atoms with Gasteiger partial charge in [0.2, 0.25) is 0 Å². The zero-order valence-corrected chi connectivity index (χ0v) is 10.9. The molecule has 0 radical (unpaired) electrons. The number of esters is 1. The first-order chi connectivity index (χ1) is 8.76. The number of carbonyl (C=O) groups is 1. The highest BCUT2D eigenvalue weighted by molar-refractivity contribution is 5.84. The average molecular weight is 246 g/mol. The Kier molecular flexibility index (Phi) is 2.77. The summed E-state index contributed by atoms with van der Waals surface area (Å²) in [4.78, 5) is 11.7. The van der Waals surface area contributed by atoms with Crippen molar-refractivity contribution in [2.24, 2.45) is 0 Å². The van der Waals surface area contributed by atoms with Gasteiger partial charge in [-0.05, 0) is 42.4 Å². The van der Waals surface area contributed by atoms with Gasteiger partial charge >= 0.3 is 5.97 Å². The highest BCUT2D eigenvalue weighted by Crippen LogP contribution is 2.49. The maximum atomic E-state index is 11.7. The summed E-state index contributed by atoms with van der Waals surface area (Å²) in [6, 6.07) is 4.18. The van der Waals surface area contributed by atoms with Crippen LogP contribution in [0.4, 0.5) is 0 Å². The molecule has 0 spiro atoms. The van der Waals surface area contributed by atoms with Crippen LogP contribution in [-0.2, 0) is 16.0 Å². The number of carbonyl (C=O) groups excluding carboxylic acids is 1. The minimum absolute atomic E-state index is 0.125. The van der Waals surface area contributed by atoms with E-state index >= 15 is 0 Å². The molecule has 2 aliphatic carbocycles. The molecule has 1 atom stereocenters. The summed E-state index contributed by atoms with van der Waals surface area (Å²) in [6.45, 7) is 0. The Hall–Kier alpha value is -1.51. The summed E-state index contributed by atoms with van der Waals surface area (Å²) in [5.74, 6) is 1.25. The Balaban J connectivity index is 1.99. The van der Waals surface area contributed by atoms with Crippen LogP contribution in [0.15, 0.2) is 12.1 Å². The van der Waals surface area contributed by atoms with Crippen LogP contribution in [0.5, 0.6) is 5.75 Å². The largest absolute Gasteiger partial charge is 0.496 e. The summed E-state index contributed by atoms with van der Waals surface area (Å²) in [6.07, 6.45) is 4.69. The quantitative estimate of drug-likeness (QED) is 0.769. The Morgan fingerprint density at radius 2 is 2.06 bits per heavy atom. The van der Waals surface area contributed by atoms with Gasteiger partial charge in [-0.3, -0.25) is 4.79 Å². The van der Waals surface area contributed by atoms with Gasteiger partial charge in [0.05, 0.1) is 20.1 Å². The van der Waals surface area contributed by atoms with Gasteiger partial charge in [0.15, 0.2) is 0 Å². The van der Waals surface area contributed by atoms with Crippen molar-refractivity contribution in [3.05, 3.63) is 28.8 Å². The minimum Gasteiger partial charge on any atom is -0.496 e. The molecular formula is C15H18O3. The number of rotatable bonds is 3. The fourth-order valence-electron chi connectivity index (χ4n) is 3.07. The van der Waals surface area contributed by atoms with Gasteiger partial charge in [-0.2, -0.15) is 0 Å². The highest BCUT2D eigenvalue weighted by Gasteiger charge is 2.39. The van der Waals surface area contributed by atoms with Crippen molar-refractivity contribution < 1.29 is 14.3 Å². The van der Waals surface area contributed by atoms with E-state index in [9.17, 15) is 4.79 Å². The molecule has 3 heteroatoms. The topological polar surface area (TPSA) is 35.5 Å². The molecule has 1 unspecified atom stereocenters. The fourth-order valence-corrected chi connectivity index (χ4v) is 3.07. The van der Waals surface area contributed by atoms with E-state index in [0.29, 0.717) is 5.92 Å². The molecule has 1 aromatic rings. The predicted octanol–water partition coefficient (Wildman–Crippen LogP) is 2.78. The van der Waals surface area contributed by atoms with Crippen molar-refractivity contribution in [3.63, 3.8) is 0 Å². The van der Waals surface area contributed by atoms with E-state index in [4.69, 9.17) is 9.47 Å². The molecule has 1 fully saturated rings. The standard InChI is InChI=1S/C15H18O3/c1-17-13-7-6-10(9-4-3-5-9)11-8-12(14(11)13)15(16)18-2/h6-7,9,12H,3-5,8H2,1-2H3. The molecule has 18 heavy (non-hydrogen) atoms. The Labute approximate surface area is 107 Å². The first-order valence-electron chi connectivity index (χ1n) is 6.53. The van der Waals surface area contributed by atoms with Crippen LogP contribution in [-0.4, -0.2) is 20.2 Å². The molecule has 0 aromatic heterocycles. The first-order valence-corrected chi connectivity index (χ1v) is 6.53. The van der Waals surface area contributed by atoms with Gasteiger partial charge in [-0.1, -0.05) is 12.5 Å². The smallest absolute Gasteiger partial charge is 0.313 e. The summed E-state index contributed by atoms with van der Waals surface area (Å²) in [7, 11) is 3.11. The maximum absolute atomic E-state index is 11.7. The first kappa shape index (κ1) is 11.6. The van der Waals surface area contributed by atoms with E-state index in [0.717, 1.165) is 17.7 Å². The summed E-state index contributed by atoms with van der Waals surface area (Å²) < 4.78 is 10.2. The van der Waals surface area contributed by atoms with Gasteiger partial charge in [0, 0.05) is 5.56 Å². The number of hydrogen-bond donors (Lipinski definition) is 0. The minimum atomic E-state index is -0.147. The lowest BCUT2D eigenvalue weighted by Gasteiger charge is -2.36. The van der Waals surface area contributed by atoms with E-state index in [1.54, 1.807) is 7.11 Å². The summed E-state index contributed by atoms with van der Waals surface area (Å²) >= 11 is 0. The van der Waals surface area contributed by atoms with Crippen LogP contribution in [0.25, 0.3) is 0 Å². The van der Waals surface area contributed by atoms with Gasteiger partial charge < -0.3 is 9.47 Å². The molecule has 0 saturated heterocycles. The SMILES string of the molecule is COC(=O)C1Cc2c(C3CCC3)ccc(OC)c21. The van der Waals surface area contributed by atoms with Crippen molar-refractivity contribution in [3.8, 4) is 5.75 Å². The van der Waals surface area contributed by atoms with E-state index in [1.165, 1.54) is 37.5 Å². The second-order valence-electron chi connectivity index (χ2n) is 5.16. The molecule has 96 valence electrons. The van der Waals surface area contributed by atoms with Gasteiger partial charge in [-0.15, -0.1) is 0 Å². The zero-order chi connectivity index (χ0) is 12.7. The maximum Gasteiger partial charge on any atom is 0.313 e. The van der Waals surface area contributed by atoms with Crippen LogP contribution in [0.2, 0.25) is 0 Å². The van der Waals surface area contributed by atoms with E-state index in [-0.39, 0.29) is 11.9 Å². The number of benzene rings is 1. The predicted molar refractivity (Wildman–Crippen MR) is 68.0 cm³/mol. The second kappa shape index (κ2) is 4.30. The third-order valence-corrected chi connectivity index (χ3v) is 4.36. The molecule has 2 aliphatic rings. The molecule has 1 saturated carbocycles. The van der Waals surface area contributed by atoms with E-state index < -0.39 is 0 Å². The number of methoxy groups -OCH3 is 2. The van der Waals surface area contributed by atoms with Crippen LogP contribution in [0, 0.1) is 0 Å². The van der Waals surface area contributed by atoms with Crippen molar-refractivity contribution in [2.75, 3.05) is 14.2 Å². The van der Waals surface area contributed by atoms with Gasteiger partial charge in [0.1, 0.15) is 5.75 Å². The third kappa shape index (κ3) is 1.53. The Bertz CT molecular complexity index is 489. The average Bonchev–Trinajstić information content (AvgIpc) is 2.28. The number of fused-ring (bicyclic) bond motifs is 1. The second-order valence-corrected chi connectivity index (χ2v) is 5.16. The summed E-state index contributed by atoms with van der Waals surface area (Å²) in [5.41, 5.74) is 3.82. The normalized spacial score (nSPS) is 21.6. The van der Waals surface area contributed by atoms with Crippen molar-refractivity contribution in [2.45, 2.75) is 37.5 Å². The van der Waals surface area contributed by atoms with Crippen LogP contribution < -0.4 is 4.74 Å². The molecule has 0 heterocycles. The van der Waals surface area contributed by atoms with E-state index in [2.05, 4.69) is 6.07 Å². The Morgan fingerprint density at radius 1 is 1.28 bits per heavy atom. The van der Waals surface area contributed by atoms with Gasteiger partial charge in [-0.25, -0.2) is 0 Å². The van der Waals surface area contributed by atoms with Crippen LogP contribution in [0.1, 0.15) is 47.8 Å². The van der Waals surface area contributed by atoms with Crippen LogP contribution in [0.3, 0.4) is 0 Å². The van der Waals surface area contributed by atoms with Gasteiger partial charge in [0.25, 0.3) is 0 Å². The van der Waals surface area contributed by atoms with Crippen LogP contribution >= 0.6 is 0 Å². The number of ether oxygens (including phenoxy) is 2. The molecule has 0 bridgehead atoms. The number of hydrogen-bond acceptors (Lipinski definition) is 3. The van der Waals surface area contributed by atoms with E-state index in [1.807, 2.05) is 6.07 Å². The van der Waals surface area contributed by atoms with Crippen molar-refractivity contribution >= 4 is 5.97 Å². The lowest BCUT2D eigenvalue weighted by atomic mass is 9.68. The summed E-state index contributed by atoms with van der Waals surface area (Å²) in [5, 5.41) is 0. The lowest BCUT2D eigenvalue weighted by molar-refractivity contribution is -0.143.